The summed E-state index contributed by atoms with van der Waals surface area (Å²) in [5, 5.41) is 8.84. The summed E-state index contributed by atoms with van der Waals surface area (Å²) in [6.07, 6.45) is 2.20. The van der Waals surface area contributed by atoms with Crippen LogP contribution in [0.25, 0.3) is 0 Å². The summed E-state index contributed by atoms with van der Waals surface area (Å²) < 4.78 is 5.56. The number of rotatable bonds is 7. The molecule has 1 unspecified atom stereocenters. The van der Waals surface area contributed by atoms with Crippen molar-refractivity contribution in [1.29, 1.82) is 0 Å². The molecule has 0 aliphatic carbocycles. The quantitative estimate of drug-likeness (QED) is 0.651. The van der Waals surface area contributed by atoms with Crippen LogP contribution in [0.5, 0.6) is 0 Å². The Morgan fingerprint density at radius 2 is 2.27 bits per heavy atom. The van der Waals surface area contributed by atoms with E-state index in [0.29, 0.717) is 18.4 Å². The van der Waals surface area contributed by atoms with Crippen LogP contribution in [-0.2, 0) is 4.74 Å². The molecule has 1 aliphatic heterocycles. The van der Waals surface area contributed by atoms with Crippen molar-refractivity contribution in [1.82, 2.24) is 4.90 Å². The molecule has 1 N–H and O–H groups in total. The molecule has 90 valence electrons. The maximum atomic E-state index is 8.84. The Hall–Kier alpha value is -0.120. The van der Waals surface area contributed by atoms with Crippen molar-refractivity contribution in [2.45, 2.75) is 26.7 Å². The predicted molar refractivity (Wildman–Crippen MR) is 61.9 cm³/mol. The van der Waals surface area contributed by atoms with Gasteiger partial charge in [-0.2, -0.15) is 0 Å². The van der Waals surface area contributed by atoms with E-state index in [9.17, 15) is 0 Å². The second kappa shape index (κ2) is 7.20. The Morgan fingerprint density at radius 1 is 1.47 bits per heavy atom. The number of likely N-dealkylation sites (tertiary alicyclic amines) is 1. The number of nitrogens with zero attached hydrogens (tertiary/aromatic N) is 1. The van der Waals surface area contributed by atoms with Gasteiger partial charge >= 0.3 is 0 Å². The van der Waals surface area contributed by atoms with Gasteiger partial charge in [-0.05, 0) is 31.2 Å². The fourth-order valence-corrected chi connectivity index (χ4v) is 2.05. The van der Waals surface area contributed by atoms with E-state index < -0.39 is 0 Å². The van der Waals surface area contributed by atoms with Crippen LogP contribution in [0.4, 0.5) is 0 Å². The van der Waals surface area contributed by atoms with Crippen LogP contribution in [-0.4, -0.2) is 49.5 Å². The Labute approximate surface area is 93.4 Å². The molecule has 0 aromatic heterocycles. The third-order valence-corrected chi connectivity index (χ3v) is 2.91. The van der Waals surface area contributed by atoms with Crippen molar-refractivity contribution >= 4 is 0 Å². The summed E-state index contributed by atoms with van der Waals surface area (Å²) in [7, 11) is 0. The minimum Gasteiger partial charge on any atom is -0.396 e. The molecule has 1 rings (SSSR count). The van der Waals surface area contributed by atoms with Gasteiger partial charge in [-0.1, -0.05) is 13.8 Å². The minimum absolute atomic E-state index is 0.336. The highest BCUT2D eigenvalue weighted by atomic mass is 16.5. The SMILES string of the molecule is CC(C)COCCN1CCC(CCO)C1. The lowest BCUT2D eigenvalue weighted by atomic mass is 10.1. The second-order valence-electron chi connectivity index (χ2n) is 4.94. The molecular formula is C12H25NO2. The number of hydrogen-bond acceptors (Lipinski definition) is 3. The van der Waals surface area contributed by atoms with Gasteiger partial charge in [0.25, 0.3) is 0 Å². The van der Waals surface area contributed by atoms with E-state index in [1.54, 1.807) is 0 Å². The first-order valence-electron chi connectivity index (χ1n) is 6.13. The normalized spacial score (nSPS) is 22.8. The molecule has 1 saturated heterocycles. The van der Waals surface area contributed by atoms with E-state index in [1.165, 1.54) is 13.0 Å². The number of aliphatic hydroxyl groups is 1. The van der Waals surface area contributed by atoms with E-state index >= 15 is 0 Å². The average Bonchev–Trinajstić information content (AvgIpc) is 2.61. The van der Waals surface area contributed by atoms with Crippen LogP contribution in [0.3, 0.4) is 0 Å². The second-order valence-corrected chi connectivity index (χ2v) is 4.94. The molecule has 1 fully saturated rings. The van der Waals surface area contributed by atoms with Crippen LogP contribution >= 0.6 is 0 Å². The fourth-order valence-electron chi connectivity index (χ4n) is 2.05. The molecule has 0 aromatic carbocycles. The average molecular weight is 215 g/mol. The van der Waals surface area contributed by atoms with Crippen LogP contribution in [0.15, 0.2) is 0 Å². The molecule has 0 radical (unpaired) electrons. The molecule has 0 spiro atoms. The standard InChI is InChI=1S/C12H25NO2/c1-11(2)10-15-8-6-13-5-3-12(9-13)4-7-14/h11-12,14H,3-10H2,1-2H3. The van der Waals surface area contributed by atoms with E-state index in [-0.39, 0.29) is 0 Å². The van der Waals surface area contributed by atoms with Gasteiger partial charge in [0.05, 0.1) is 6.61 Å². The topological polar surface area (TPSA) is 32.7 Å². The first-order valence-corrected chi connectivity index (χ1v) is 6.13. The Bertz CT molecular complexity index is 162. The van der Waals surface area contributed by atoms with Crippen LogP contribution in [0, 0.1) is 11.8 Å². The van der Waals surface area contributed by atoms with Gasteiger partial charge < -0.3 is 14.7 Å². The molecule has 0 bridgehead atoms. The van der Waals surface area contributed by atoms with Crippen LogP contribution in [0.1, 0.15) is 26.7 Å². The lowest BCUT2D eigenvalue weighted by Crippen LogP contribution is -2.25. The van der Waals surface area contributed by atoms with Crippen LogP contribution < -0.4 is 0 Å². The van der Waals surface area contributed by atoms with E-state index in [1.807, 2.05) is 0 Å². The van der Waals surface area contributed by atoms with Crippen molar-refractivity contribution in [3.8, 4) is 0 Å². The summed E-state index contributed by atoms with van der Waals surface area (Å²) in [4.78, 5) is 2.45. The zero-order valence-corrected chi connectivity index (χ0v) is 10.1. The minimum atomic E-state index is 0.336. The Morgan fingerprint density at radius 3 is 2.93 bits per heavy atom. The maximum absolute atomic E-state index is 8.84. The molecular weight excluding hydrogens is 190 g/mol. The van der Waals surface area contributed by atoms with Gasteiger partial charge in [-0.3, -0.25) is 0 Å². The van der Waals surface area contributed by atoms with Gasteiger partial charge in [0, 0.05) is 26.3 Å². The molecule has 3 nitrogen and oxygen atoms in total. The molecule has 15 heavy (non-hydrogen) atoms. The van der Waals surface area contributed by atoms with Gasteiger partial charge in [0.15, 0.2) is 0 Å². The van der Waals surface area contributed by atoms with E-state index in [2.05, 4.69) is 18.7 Å². The zero-order valence-electron chi connectivity index (χ0n) is 10.1. The van der Waals surface area contributed by atoms with Gasteiger partial charge in [-0.15, -0.1) is 0 Å². The molecule has 3 heteroatoms. The number of ether oxygens (including phenoxy) is 1. The van der Waals surface area contributed by atoms with Gasteiger partial charge in [-0.25, -0.2) is 0 Å². The third-order valence-electron chi connectivity index (χ3n) is 2.91. The predicted octanol–water partition coefficient (Wildman–Crippen LogP) is 1.36. The summed E-state index contributed by atoms with van der Waals surface area (Å²) in [6, 6.07) is 0. The van der Waals surface area contributed by atoms with Crippen LogP contribution in [0.2, 0.25) is 0 Å². The molecule has 0 amide bonds. The summed E-state index contributed by atoms with van der Waals surface area (Å²) in [6.45, 7) is 9.77. The largest absolute Gasteiger partial charge is 0.396 e. The summed E-state index contributed by atoms with van der Waals surface area (Å²) >= 11 is 0. The fraction of sp³-hybridized carbons (Fsp3) is 1.00. The van der Waals surface area contributed by atoms with Crippen molar-refractivity contribution in [2.75, 3.05) is 39.5 Å². The van der Waals surface area contributed by atoms with Gasteiger partial charge in [0.2, 0.25) is 0 Å². The van der Waals surface area contributed by atoms with Crippen molar-refractivity contribution in [3.63, 3.8) is 0 Å². The molecule has 0 aromatic rings. The first kappa shape index (κ1) is 12.9. The smallest absolute Gasteiger partial charge is 0.0593 e. The summed E-state index contributed by atoms with van der Waals surface area (Å²) in [5.41, 5.74) is 0. The lowest BCUT2D eigenvalue weighted by molar-refractivity contribution is 0.0900. The number of hydrogen-bond donors (Lipinski definition) is 1. The van der Waals surface area contributed by atoms with E-state index in [0.717, 1.165) is 32.7 Å². The molecule has 1 heterocycles. The number of aliphatic hydroxyl groups excluding tert-OH is 1. The highest BCUT2D eigenvalue weighted by Gasteiger charge is 2.21. The van der Waals surface area contributed by atoms with Gasteiger partial charge in [0.1, 0.15) is 0 Å². The Kier molecular flexibility index (Phi) is 6.22. The molecule has 1 aliphatic rings. The highest BCUT2D eigenvalue weighted by Crippen LogP contribution is 2.18. The maximum Gasteiger partial charge on any atom is 0.0593 e. The van der Waals surface area contributed by atoms with Crippen molar-refractivity contribution in [3.05, 3.63) is 0 Å². The Balaban J connectivity index is 1.99. The highest BCUT2D eigenvalue weighted by molar-refractivity contribution is 4.74. The lowest BCUT2D eigenvalue weighted by Gasteiger charge is -2.16. The van der Waals surface area contributed by atoms with Crippen molar-refractivity contribution < 1.29 is 9.84 Å². The van der Waals surface area contributed by atoms with E-state index in [4.69, 9.17) is 9.84 Å². The first-order chi connectivity index (χ1) is 7.22. The molecule has 1 atom stereocenters. The van der Waals surface area contributed by atoms with Crippen molar-refractivity contribution in [2.24, 2.45) is 11.8 Å². The summed E-state index contributed by atoms with van der Waals surface area (Å²) in [5.74, 6) is 1.34. The molecule has 0 saturated carbocycles. The monoisotopic (exact) mass is 215 g/mol. The zero-order chi connectivity index (χ0) is 11.1. The third kappa shape index (κ3) is 5.50.